The van der Waals surface area contributed by atoms with Gasteiger partial charge in [-0.15, -0.1) is 0 Å². The van der Waals surface area contributed by atoms with Crippen molar-refractivity contribution in [2.24, 2.45) is 0 Å². The molecule has 13 heavy (non-hydrogen) atoms. The van der Waals surface area contributed by atoms with E-state index in [1.54, 1.807) is 0 Å². The maximum Gasteiger partial charge on any atom is 0.193 e. The number of rotatable bonds is 6. The van der Waals surface area contributed by atoms with Crippen molar-refractivity contribution in [2.75, 3.05) is 13.2 Å². The summed E-state index contributed by atoms with van der Waals surface area (Å²) in [5.74, 6) is -0.421. The highest BCUT2D eigenvalue weighted by Gasteiger charge is 2.16. The second-order valence-electron chi connectivity index (χ2n) is 2.61. The van der Waals surface area contributed by atoms with Crippen LogP contribution in [-0.4, -0.2) is 46.5 Å². The Balaban J connectivity index is 3.76. The van der Waals surface area contributed by atoms with Gasteiger partial charge in [0.05, 0.1) is 6.61 Å². The Morgan fingerprint density at radius 2 is 2.00 bits per heavy atom. The zero-order chi connectivity index (χ0) is 10.4. The number of ketones is 1. The molecule has 0 spiro atoms. The zero-order valence-electron chi connectivity index (χ0n) is 7.43. The Hall–Kier alpha value is -0.910. The largest absolute Gasteiger partial charge is 0.488 e. The summed E-state index contributed by atoms with van der Waals surface area (Å²) in [7, 11) is 0. The second-order valence-corrected chi connectivity index (χ2v) is 2.61. The molecule has 76 valence electrons. The third-order valence-corrected chi connectivity index (χ3v) is 1.45. The smallest absolute Gasteiger partial charge is 0.193 e. The number of carbonyl (C=O) groups is 1. The van der Waals surface area contributed by atoms with Crippen molar-refractivity contribution in [3.8, 4) is 0 Å². The Kier molecular flexibility index (Phi) is 5.29. The van der Waals surface area contributed by atoms with Crippen LogP contribution < -0.4 is 0 Å². The molecule has 0 aromatic carbocycles. The first-order chi connectivity index (χ1) is 5.99. The van der Waals surface area contributed by atoms with Crippen LogP contribution in [0.25, 0.3) is 0 Å². The van der Waals surface area contributed by atoms with Gasteiger partial charge in [-0.2, -0.15) is 0 Å². The van der Waals surface area contributed by atoms with Crippen LogP contribution in [0, 0.1) is 0 Å². The fraction of sp³-hybridized carbons (Fsp3) is 0.625. The quantitative estimate of drug-likeness (QED) is 0.362. The van der Waals surface area contributed by atoms with Crippen LogP contribution in [0.5, 0.6) is 0 Å². The topological polar surface area (TPSA) is 87.0 Å². The minimum atomic E-state index is -1.26. The molecule has 2 unspecified atom stereocenters. The molecule has 0 aliphatic heterocycles. The molecule has 2 atom stereocenters. The maximum atomic E-state index is 10.6. The summed E-state index contributed by atoms with van der Waals surface area (Å²) in [5, 5.41) is 26.4. The highest BCUT2D eigenvalue weighted by Crippen LogP contribution is 1.99. The third-order valence-electron chi connectivity index (χ3n) is 1.45. The monoisotopic (exact) mass is 190 g/mol. The molecule has 0 bridgehead atoms. The normalized spacial score (nSPS) is 14.8. The Morgan fingerprint density at radius 1 is 1.46 bits per heavy atom. The lowest BCUT2D eigenvalue weighted by Gasteiger charge is -2.16. The van der Waals surface area contributed by atoms with E-state index < -0.39 is 18.8 Å². The molecule has 0 saturated carbocycles. The number of carbonyl (C=O) groups excluding carboxylic acids is 1. The van der Waals surface area contributed by atoms with Crippen LogP contribution in [0.3, 0.4) is 0 Å². The van der Waals surface area contributed by atoms with Gasteiger partial charge in [0.2, 0.25) is 0 Å². The van der Waals surface area contributed by atoms with Crippen molar-refractivity contribution in [2.45, 2.75) is 19.1 Å². The van der Waals surface area contributed by atoms with E-state index in [0.29, 0.717) is 0 Å². The van der Waals surface area contributed by atoms with E-state index >= 15 is 0 Å². The molecule has 3 N–H and O–H groups in total. The van der Waals surface area contributed by atoms with Gasteiger partial charge in [-0.25, -0.2) is 0 Å². The van der Waals surface area contributed by atoms with E-state index in [2.05, 4.69) is 6.58 Å². The molecule has 5 heteroatoms. The van der Waals surface area contributed by atoms with E-state index in [4.69, 9.17) is 20.1 Å². The maximum absolute atomic E-state index is 10.6. The predicted molar refractivity (Wildman–Crippen MR) is 44.9 cm³/mol. The molecule has 0 saturated heterocycles. The first kappa shape index (κ1) is 12.1. The molecule has 5 nitrogen and oxygen atoms in total. The van der Waals surface area contributed by atoms with Crippen molar-refractivity contribution in [1.29, 1.82) is 0 Å². The minimum absolute atomic E-state index is 0.0795. The van der Waals surface area contributed by atoms with Crippen LogP contribution >= 0.6 is 0 Å². The van der Waals surface area contributed by atoms with Gasteiger partial charge in [0.25, 0.3) is 0 Å². The molecule has 0 fully saturated rings. The van der Waals surface area contributed by atoms with E-state index in [-0.39, 0.29) is 18.1 Å². The third kappa shape index (κ3) is 4.62. The molecule has 0 aliphatic rings. The van der Waals surface area contributed by atoms with E-state index in [9.17, 15) is 4.79 Å². The van der Waals surface area contributed by atoms with Gasteiger partial charge in [0.15, 0.2) is 11.5 Å². The summed E-state index contributed by atoms with van der Waals surface area (Å²) in [6.07, 6.45) is -2.49. The SMILES string of the molecule is C=C(OCC(O)C(O)CO)C(C)=O. The van der Waals surface area contributed by atoms with Crippen LogP contribution in [0.15, 0.2) is 12.3 Å². The molecular formula is C8H14O5. The Bertz CT molecular complexity index is 189. The molecule has 0 rings (SSSR count). The fourth-order valence-corrected chi connectivity index (χ4v) is 0.520. The number of Topliss-reactive ketones (excluding diaryl/α,β-unsaturated/α-hetero) is 1. The van der Waals surface area contributed by atoms with Gasteiger partial charge in [0.1, 0.15) is 18.8 Å². The first-order valence-corrected chi connectivity index (χ1v) is 3.78. The zero-order valence-corrected chi connectivity index (χ0v) is 7.43. The van der Waals surface area contributed by atoms with Crippen molar-refractivity contribution in [1.82, 2.24) is 0 Å². The average molecular weight is 190 g/mol. The van der Waals surface area contributed by atoms with E-state index in [1.165, 1.54) is 6.92 Å². The number of allylic oxidation sites excluding steroid dienone is 1. The lowest BCUT2D eigenvalue weighted by Crippen LogP contribution is -2.33. The molecule has 0 aromatic rings. The molecule has 0 radical (unpaired) electrons. The summed E-state index contributed by atoms with van der Waals surface area (Å²) < 4.78 is 4.72. The summed E-state index contributed by atoms with van der Waals surface area (Å²) >= 11 is 0. The Morgan fingerprint density at radius 3 is 2.38 bits per heavy atom. The van der Waals surface area contributed by atoms with Gasteiger partial charge in [0, 0.05) is 6.92 Å². The average Bonchev–Trinajstić information content (AvgIpc) is 2.11. The minimum Gasteiger partial charge on any atom is -0.488 e. The second kappa shape index (κ2) is 5.69. The number of ether oxygens (including phenoxy) is 1. The molecule has 0 heterocycles. The number of aliphatic hydroxyl groups is 3. The first-order valence-electron chi connectivity index (χ1n) is 3.78. The number of aliphatic hydroxyl groups excluding tert-OH is 3. The summed E-state index contributed by atoms with van der Waals surface area (Å²) in [5.41, 5.74) is 0. The molecule has 0 amide bonds. The number of hydrogen-bond acceptors (Lipinski definition) is 5. The molecule has 0 aromatic heterocycles. The summed E-state index contributed by atoms with van der Waals surface area (Å²) in [6.45, 7) is 3.74. The van der Waals surface area contributed by atoms with Gasteiger partial charge >= 0.3 is 0 Å². The lowest BCUT2D eigenvalue weighted by molar-refractivity contribution is -0.118. The summed E-state index contributed by atoms with van der Waals surface area (Å²) in [6, 6.07) is 0. The van der Waals surface area contributed by atoms with Crippen LogP contribution in [0.4, 0.5) is 0 Å². The Labute approximate surface area is 76.3 Å². The van der Waals surface area contributed by atoms with Crippen LogP contribution in [0.2, 0.25) is 0 Å². The van der Waals surface area contributed by atoms with Gasteiger partial charge in [-0.3, -0.25) is 4.79 Å². The summed E-state index contributed by atoms with van der Waals surface area (Å²) in [4.78, 5) is 10.6. The van der Waals surface area contributed by atoms with Crippen LogP contribution in [-0.2, 0) is 9.53 Å². The van der Waals surface area contributed by atoms with Gasteiger partial charge in [-0.1, -0.05) is 6.58 Å². The van der Waals surface area contributed by atoms with E-state index in [0.717, 1.165) is 0 Å². The molecular weight excluding hydrogens is 176 g/mol. The standard InChI is InChI=1S/C8H14O5/c1-5(10)6(2)13-4-8(12)7(11)3-9/h7-9,11-12H,2-4H2,1H3. The highest BCUT2D eigenvalue weighted by molar-refractivity contribution is 5.90. The van der Waals surface area contributed by atoms with Gasteiger partial charge in [-0.05, 0) is 0 Å². The molecule has 0 aliphatic carbocycles. The number of hydrogen-bond donors (Lipinski definition) is 3. The lowest BCUT2D eigenvalue weighted by atomic mass is 10.2. The van der Waals surface area contributed by atoms with Gasteiger partial charge < -0.3 is 20.1 Å². The van der Waals surface area contributed by atoms with Crippen molar-refractivity contribution >= 4 is 5.78 Å². The van der Waals surface area contributed by atoms with Crippen LogP contribution in [0.1, 0.15) is 6.92 Å². The fourth-order valence-electron chi connectivity index (χ4n) is 0.520. The van der Waals surface area contributed by atoms with E-state index in [1.807, 2.05) is 0 Å². The van der Waals surface area contributed by atoms with Crippen molar-refractivity contribution in [3.05, 3.63) is 12.3 Å². The van der Waals surface area contributed by atoms with Crippen molar-refractivity contribution < 1.29 is 24.9 Å². The van der Waals surface area contributed by atoms with Crippen molar-refractivity contribution in [3.63, 3.8) is 0 Å². The highest BCUT2D eigenvalue weighted by atomic mass is 16.5. The predicted octanol–water partition coefficient (Wildman–Crippen LogP) is -1.18.